The van der Waals surface area contributed by atoms with Crippen molar-refractivity contribution in [2.75, 3.05) is 32.7 Å². The summed E-state index contributed by atoms with van der Waals surface area (Å²) in [5.74, 6) is -5.00. The van der Waals surface area contributed by atoms with Crippen LogP contribution in [0.25, 0.3) is 0 Å². The highest BCUT2D eigenvalue weighted by Gasteiger charge is 2.42. The van der Waals surface area contributed by atoms with Gasteiger partial charge in [0.05, 0.1) is 12.1 Å². The van der Waals surface area contributed by atoms with Gasteiger partial charge in [-0.3, -0.25) is 9.80 Å². The van der Waals surface area contributed by atoms with Crippen molar-refractivity contribution in [1.29, 1.82) is 0 Å². The normalized spacial score (nSPS) is 17.6. The molecule has 0 spiro atoms. The molecule has 0 saturated carbocycles. The average Bonchev–Trinajstić information content (AvgIpc) is 2.49. The van der Waals surface area contributed by atoms with Crippen LogP contribution in [0.1, 0.15) is 15.9 Å². The van der Waals surface area contributed by atoms with E-state index in [0.717, 1.165) is 5.56 Å². The summed E-state index contributed by atoms with van der Waals surface area (Å²) in [4.78, 5) is 14.2. The molecular formula is C15H18F4N2O2. The predicted molar refractivity (Wildman–Crippen MR) is 76.1 cm³/mol. The number of halogens is 4. The van der Waals surface area contributed by atoms with Crippen molar-refractivity contribution in [2.45, 2.75) is 18.9 Å². The molecule has 1 saturated heterocycles. The maximum Gasteiger partial charge on any atom is 0.335 e. The molecule has 0 unspecified atom stereocenters. The summed E-state index contributed by atoms with van der Waals surface area (Å²) >= 11 is 0. The maximum atomic E-state index is 13.0. The van der Waals surface area contributed by atoms with Crippen molar-refractivity contribution in [3.8, 4) is 0 Å². The third-order valence-corrected chi connectivity index (χ3v) is 3.80. The molecule has 1 aromatic rings. The molecule has 128 valence electrons. The Kier molecular flexibility index (Phi) is 5.59. The van der Waals surface area contributed by atoms with E-state index >= 15 is 0 Å². The monoisotopic (exact) mass is 334 g/mol. The molecule has 23 heavy (non-hydrogen) atoms. The molecule has 1 aromatic carbocycles. The van der Waals surface area contributed by atoms with Gasteiger partial charge in [-0.05, 0) is 17.7 Å². The number of piperazine rings is 1. The Bertz CT molecular complexity index is 546. The van der Waals surface area contributed by atoms with E-state index in [2.05, 4.69) is 0 Å². The molecule has 2 rings (SSSR count). The SMILES string of the molecule is O=C(O)c1cccc(CN2CCN(CC(F)(F)C(F)F)CC2)c1. The van der Waals surface area contributed by atoms with Crippen LogP contribution in [-0.4, -0.2) is 65.9 Å². The van der Waals surface area contributed by atoms with E-state index < -0.39 is 24.9 Å². The predicted octanol–water partition coefficient (Wildman–Crippen LogP) is 2.40. The maximum absolute atomic E-state index is 13.0. The minimum Gasteiger partial charge on any atom is -0.478 e. The van der Waals surface area contributed by atoms with Crippen LogP contribution in [0.5, 0.6) is 0 Å². The van der Waals surface area contributed by atoms with E-state index in [1.54, 1.807) is 18.2 Å². The number of aromatic carboxylic acids is 1. The molecule has 1 aliphatic rings. The zero-order valence-electron chi connectivity index (χ0n) is 12.4. The van der Waals surface area contributed by atoms with Crippen molar-refractivity contribution < 1.29 is 27.5 Å². The van der Waals surface area contributed by atoms with Crippen LogP contribution in [0.15, 0.2) is 24.3 Å². The lowest BCUT2D eigenvalue weighted by molar-refractivity contribution is -0.145. The van der Waals surface area contributed by atoms with Crippen LogP contribution >= 0.6 is 0 Å². The first-order valence-electron chi connectivity index (χ1n) is 7.21. The van der Waals surface area contributed by atoms with Gasteiger partial charge in [0.1, 0.15) is 0 Å². The van der Waals surface area contributed by atoms with Gasteiger partial charge >= 0.3 is 18.3 Å². The molecule has 1 aliphatic heterocycles. The van der Waals surface area contributed by atoms with Crippen LogP contribution in [0.2, 0.25) is 0 Å². The molecule has 8 heteroatoms. The molecule has 0 aromatic heterocycles. The molecule has 0 atom stereocenters. The van der Waals surface area contributed by atoms with Crippen LogP contribution in [-0.2, 0) is 6.54 Å². The number of hydrogen-bond acceptors (Lipinski definition) is 3. The molecule has 0 amide bonds. The molecule has 1 N–H and O–H groups in total. The number of alkyl halides is 4. The second-order valence-electron chi connectivity index (χ2n) is 5.62. The van der Waals surface area contributed by atoms with Crippen molar-refractivity contribution in [1.82, 2.24) is 9.80 Å². The van der Waals surface area contributed by atoms with E-state index in [0.29, 0.717) is 19.6 Å². The van der Waals surface area contributed by atoms with Crippen LogP contribution < -0.4 is 0 Å². The molecule has 4 nitrogen and oxygen atoms in total. The first kappa shape index (κ1) is 17.7. The summed E-state index contributed by atoms with van der Waals surface area (Å²) < 4.78 is 50.5. The summed E-state index contributed by atoms with van der Waals surface area (Å²) in [7, 11) is 0. The highest BCUT2D eigenvalue weighted by atomic mass is 19.3. The number of carboxylic acid groups (broad SMARTS) is 1. The Hall–Kier alpha value is -1.67. The second kappa shape index (κ2) is 7.27. The van der Waals surface area contributed by atoms with E-state index in [1.165, 1.54) is 11.0 Å². The lowest BCUT2D eigenvalue weighted by Crippen LogP contribution is -2.51. The minimum atomic E-state index is -3.99. The van der Waals surface area contributed by atoms with E-state index in [-0.39, 0.29) is 18.7 Å². The summed E-state index contributed by atoms with van der Waals surface area (Å²) in [5.41, 5.74) is 1.01. The highest BCUT2D eigenvalue weighted by molar-refractivity contribution is 5.87. The van der Waals surface area contributed by atoms with Gasteiger partial charge in [0.15, 0.2) is 0 Å². The Morgan fingerprint density at radius 1 is 1.17 bits per heavy atom. The zero-order chi connectivity index (χ0) is 17.0. The molecule has 1 fully saturated rings. The van der Waals surface area contributed by atoms with Crippen LogP contribution in [0, 0.1) is 0 Å². The quantitative estimate of drug-likeness (QED) is 0.812. The van der Waals surface area contributed by atoms with Gasteiger partial charge < -0.3 is 5.11 Å². The topological polar surface area (TPSA) is 43.8 Å². The fourth-order valence-corrected chi connectivity index (χ4v) is 2.53. The zero-order valence-corrected chi connectivity index (χ0v) is 12.4. The third kappa shape index (κ3) is 4.90. The number of hydrogen-bond donors (Lipinski definition) is 1. The fourth-order valence-electron chi connectivity index (χ4n) is 2.53. The lowest BCUT2D eigenvalue weighted by atomic mass is 10.1. The average molecular weight is 334 g/mol. The van der Waals surface area contributed by atoms with Crippen molar-refractivity contribution in [3.63, 3.8) is 0 Å². The van der Waals surface area contributed by atoms with Gasteiger partial charge in [-0.2, -0.15) is 8.78 Å². The largest absolute Gasteiger partial charge is 0.478 e. The van der Waals surface area contributed by atoms with Gasteiger partial charge in [0.2, 0.25) is 0 Å². The van der Waals surface area contributed by atoms with Gasteiger partial charge in [-0.15, -0.1) is 0 Å². The summed E-state index contributed by atoms with van der Waals surface area (Å²) in [5, 5.41) is 8.95. The molecule has 0 aliphatic carbocycles. The number of nitrogens with zero attached hydrogens (tertiary/aromatic N) is 2. The standard InChI is InChI=1S/C15H18F4N2O2/c16-14(17)15(18,19)10-21-6-4-20(5-7-21)9-11-2-1-3-12(8-11)13(22)23/h1-3,8,14H,4-7,9-10H2,(H,22,23). The molecular weight excluding hydrogens is 316 g/mol. The molecule has 0 radical (unpaired) electrons. The Morgan fingerprint density at radius 3 is 2.35 bits per heavy atom. The lowest BCUT2D eigenvalue weighted by Gasteiger charge is -2.36. The number of carbonyl (C=O) groups is 1. The van der Waals surface area contributed by atoms with E-state index in [1.807, 2.05) is 4.90 Å². The summed E-state index contributed by atoms with van der Waals surface area (Å²) in [6.07, 6.45) is -3.65. The van der Waals surface area contributed by atoms with Crippen LogP contribution in [0.3, 0.4) is 0 Å². The first-order chi connectivity index (χ1) is 10.8. The highest BCUT2D eigenvalue weighted by Crippen LogP contribution is 2.24. The van der Waals surface area contributed by atoms with E-state index in [9.17, 15) is 22.4 Å². The molecule has 0 bridgehead atoms. The Morgan fingerprint density at radius 2 is 1.78 bits per heavy atom. The van der Waals surface area contributed by atoms with Crippen LogP contribution in [0.4, 0.5) is 17.6 Å². The van der Waals surface area contributed by atoms with Gasteiger partial charge in [-0.25, -0.2) is 13.6 Å². The first-order valence-corrected chi connectivity index (χ1v) is 7.21. The Labute approximate surface area is 131 Å². The molecule has 1 heterocycles. The summed E-state index contributed by atoms with van der Waals surface area (Å²) in [6.45, 7) is 1.06. The van der Waals surface area contributed by atoms with E-state index in [4.69, 9.17) is 5.11 Å². The smallest absolute Gasteiger partial charge is 0.335 e. The van der Waals surface area contributed by atoms with Crippen molar-refractivity contribution in [2.24, 2.45) is 0 Å². The third-order valence-electron chi connectivity index (χ3n) is 3.80. The number of carboxylic acids is 1. The fraction of sp³-hybridized carbons (Fsp3) is 0.533. The number of rotatable bonds is 6. The Balaban J connectivity index is 1.85. The van der Waals surface area contributed by atoms with Gasteiger partial charge in [-0.1, -0.05) is 12.1 Å². The van der Waals surface area contributed by atoms with Gasteiger partial charge in [0, 0.05) is 32.7 Å². The second-order valence-corrected chi connectivity index (χ2v) is 5.62. The van der Waals surface area contributed by atoms with Crippen molar-refractivity contribution >= 4 is 5.97 Å². The van der Waals surface area contributed by atoms with Gasteiger partial charge in [0.25, 0.3) is 0 Å². The minimum absolute atomic E-state index is 0.192. The summed E-state index contributed by atoms with van der Waals surface area (Å²) in [6, 6.07) is 6.51. The number of benzene rings is 1. The van der Waals surface area contributed by atoms with Crippen molar-refractivity contribution in [3.05, 3.63) is 35.4 Å².